The van der Waals surface area contributed by atoms with E-state index in [2.05, 4.69) is 0 Å². The fourth-order valence-corrected chi connectivity index (χ4v) is 5.88. The van der Waals surface area contributed by atoms with Crippen molar-refractivity contribution in [2.75, 3.05) is 33.3 Å². The van der Waals surface area contributed by atoms with E-state index in [-0.39, 0.29) is 24.3 Å². The van der Waals surface area contributed by atoms with E-state index in [1.165, 1.54) is 0 Å². The Bertz CT molecular complexity index is 877. The van der Waals surface area contributed by atoms with Gasteiger partial charge in [0.15, 0.2) is 0 Å². The van der Waals surface area contributed by atoms with E-state index in [0.29, 0.717) is 32.5 Å². The van der Waals surface area contributed by atoms with Crippen LogP contribution in [0, 0.1) is 11.8 Å². The summed E-state index contributed by atoms with van der Waals surface area (Å²) in [6, 6.07) is -0.841. The molecular weight excluding hydrogens is 410 g/mol. The highest BCUT2D eigenvalue weighted by atomic mass is 16.5. The Morgan fingerprint density at radius 3 is 2.38 bits per heavy atom. The molecule has 1 unspecified atom stereocenters. The van der Waals surface area contributed by atoms with Gasteiger partial charge in [0.05, 0.1) is 17.4 Å². The molecule has 0 aromatic heterocycles. The number of aliphatic hydroxyl groups excluding tert-OH is 1. The van der Waals surface area contributed by atoms with Crippen LogP contribution in [0.4, 0.5) is 0 Å². The molecule has 4 heterocycles. The van der Waals surface area contributed by atoms with E-state index in [0.717, 1.165) is 0 Å². The summed E-state index contributed by atoms with van der Waals surface area (Å²) in [7, 11) is 1.73. The molecule has 0 aromatic rings. The smallest absolute Gasteiger partial charge is 0.249 e. The number of fused-ring (bicyclic) bond motifs is 2. The largest absolute Gasteiger partial charge is 0.396 e. The predicted molar refractivity (Wildman–Crippen MR) is 118 cm³/mol. The van der Waals surface area contributed by atoms with Gasteiger partial charge in [-0.25, -0.2) is 0 Å². The van der Waals surface area contributed by atoms with Crippen molar-refractivity contribution in [2.24, 2.45) is 11.8 Å². The lowest BCUT2D eigenvalue weighted by Gasteiger charge is -2.41. The van der Waals surface area contributed by atoms with Gasteiger partial charge in [-0.3, -0.25) is 14.4 Å². The highest BCUT2D eigenvalue weighted by Crippen LogP contribution is 2.57. The maximum absolute atomic E-state index is 14.0. The van der Waals surface area contributed by atoms with Crippen LogP contribution in [-0.4, -0.2) is 93.6 Å². The average molecular weight is 446 g/mol. The van der Waals surface area contributed by atoms with Gasteiger partial charge in [-0.1, -0.05) is 24.3 Å². The van der Waals surface area contributed by atoms with Crippen LogP contribution in [0.25, 0.3) is 0 Å². The summed E-state index contributed by atoms with van der Waals surface area (Å²) in [5, 5.41) is 9.26. The number of likely N-dealkylation sites (N-methyl/N-ethyl adjacent to an activating group) is 1. The fraction of sp³-hybridized carbons (Fsp3) is 0.708. The van der Waals surface area contributed by atoms with Crippen molar-refractivity contribution in [3.05, 3.63) is 24.3 Å². The van der Waals surface area contributed by atoms with Crippen LogP contribution in [0.15, 0.2) is 24.3 Å². The standard InChI is InChI=1S/C24H35N3O5/c1-22(2,3)27-14-9-11-24-17(16-19(29)25(5)12-8-10-23(16,4)32-24)20(30)26(13-6-7-15-28)18(24)21(27)31/h8-11,16-18,28H,6-7,12-15H2,1-5H3/t16-,17-,18?,23+,24-/m0/s1. The zero-order chi connectivity index (χ0) is 23.5. The number of amides is 3. The minimum Gasteiger partial charge on any atom is -0.396 e. The summed E-state index contributed by atoms with van der Waals surface area (Å²) >= 11 is 0. The molecule has 4 aliphatic rings. The number of aliphatic hydroxyl groups is 1. The van der Waals surface area contributed by atoms with Gasteiger partial charge in [-0.15, -0.1) is 0 Å². The van der Waals surface area contributed by atoms with E-state index < -0.39 is 34.6 Å². The zero-order valence-electron chi connectivity index (χ0n) is 19.7. The van der Waals surface area contributed by atoms with E-state index in [4.69, 9.17) is 4.74 Å². The molecule has 32 heavy (non-hydrogen) atoms. The van der Waals surface area contributed by atoms with Crippen LogP contribution < -0.4 is 0 Å². The molecular formula is C24H35N3O5. The van der Waals surface area contributed by atoms with Crippen LogP contribution in [-0.2, 0) is 19.1 Å². The molecule has 4 aliphatic heterocycles. The summed E-state index contributed by atoms with van der Waals surface area (Å²) in [5.74, 6) is -1.99. The number of unbranched alkanes of at least 4 members (excludes halogenated alkanes) is 1. The highest BCUT2D eigenvalue weighted by molar-refractivity contribution is 6.00. The minimum atomic E-state index is -1.20. The second-order valence-electron chi connectivity index (χ2n) is 10.6. The lowest BCUT2D eigenvalue weighted by molar-refractivity contribution is -0.155. The molecule has 2 fully saturated rings. The summed E-state index contributed by atoms with van der Waals surface area (Å²) in [4.78, 5) is 46.3. The molecule has 8 heteroatoms. The molecule has 1 N–H and O–H groups in total. The number of carbonyl (C=O) groups is 3. The predicted octanol–water partition coefficient (Wildman–Crippen LogP) is 0.955. The Morgan fingerprint density at radius 2 is 1.72 bits per heavy atom. The van der Waals surface area contributed by atoms with Crippen molar-refractivity contribution in [3.8, 4) is 0 Å². The SMILES string of the molecule is CN1CC=C[C@@]2(C)O[C@]34C=CCN(C(C)(C)C)C(=O)C3N(CCCCO)C(=O)[C@@H]4[C@H]2C1=O. The molecule has 2 saturated heterocycles. The summed E-state index contributed by atoms with van der Waals surface area (Å²) in [5.41, 5.74) is -2.61. The summed E-state index contributed by atoms with van der Waals surface area (Å²) in [6.07, 6.45) is 8.68. The van der Waals surface area contributed by atoms with E-state index in [9.17, 15) is 19.5 Å². The first kappa shape index (κ1) is 23.0. The fourth-order valence-electron chi connectivity index (χ4n) is 5.88. The second kappa shape index (κ2) is 7.70. The van der Waals surface area contributed by atoms with E-state index in [1.54, 1.807) is 21.7 Å². The number of likely N-dealkylation sites (tertiary alicyclic amines) is 1. The van der Waals surface area contributed by atoms with Crippen LogP contribution in [0.2, 0.25) is 0 Å². The molecule has 0 aliphatic carbocycles. The third-order valence-corrected chi connectivity index (χ3v) is 7.38. The quantitative estimate of drug-likeness (QED) is 0.514. The molecule has 0 bridgehead atoms. The molecule has 0 saturated carbocycles. The first-order chi connectivity index (χ1) is 15.0. The third kappa shape index (κ3) is 3.22. The van der Waals surface area contributed by atoms with Crippen molar-refractivity contribution >= 4 is 17.7 Å². The number of ether oxygens (including phenoxy) is 1. The number of hydrogen-bond acceptors (Lipinski definition) is 5. The average Bonchev–Trinajstić information content (AvgIpc) is 2.96. The van der Waals surface area contributed by atoms with Gasteiger partial charge in [-0.2, -0.15) is 0 Å². The van der Waals surface area contributed by atoms with Gasteiger partial charge in [0, 0.05) is 38.8 Å². The van der Waals surface area contributed by atoms with Crippen molar-refractivity contribution in [3.63, 3.8) is 0 Å². The Balaban J connectivity index is 1.85. The molecule has 4 rings (SSSR count). The Labute approximate surface area is 189 Å². The van der Waals surface area contributed by atoms with Crippen LogP contribution in [0.1, 0.15) is 40.5 Å². The molecule has 1 spiro atoms. The lowest BCUT2D eigenvalue weighted by Crippen LogP contribution is -2.59. The molecule has 176 valence electrons. The van der Waals surface area contributed by atoms with E-state index >= 15 is 0 Å². The highest BCUT2D eigenvalue weighted by Gasteiger charge is 2.74. The van der Waals surface area contributed by atoms with Gasteiger partial charge < -0.3 is 24.5 Å². The topological polar surface area (TPSA) is 90.4 Å². The Hall–Kier alpha value is -2.19. The van der Waals surface area contributed by atoms with Crippen LogP contribution in [0.5, 0.6) is 0 Å². The van der Waals surface area contributed by atoms with Crippen molar-refractivity contribution in [1.29, 1.82) is 0 Å². The molecule has 0 aromatic carbocycles. The third-order valence-electron chi connectivity index (χ3n) is 7.38. The normalized spacial score (nSPS) is 36.9. The maximum Gasteiger partial charge on any atom is 0.249 e. The minimum absolute atomic E-state index is 0.0223. The molecule has 8 nitrogen and oxygen atoms in total. The molecule has 5 atom stereocenters. The van der Waals surface area contributed by atoms with E-state index in [1.807, 2.05) is 52.0 Å². The zero-order valence-corrected chi connectivity index (χ0v) is 19.7. The summed E-state index contributed by atoms with van der Waals surface area (Å²) in [6.45, 7) is 9.01. The van der Waals surface area contributed by atoms with Crippen molar-refractivity contribution < 1.29 is 24.2 Å². The van der Waals surface area contributed by atoms with Crippen molar-refractivity contribution in [1.82, 2.24) is 14.7 Å². The molecule has 0 radical (unpaired) electrons. The number of rotatable bonds is 4. The first-order valence-electron chi connectivity index (χ1n) is 11.5. The number of hydrogen-bond donors (Lipinski definition) is 1. The van der Waals surface area contributed by atoms with Gasteiger partial charge in [0.2, 0.25) is 17.7 Å². The lowest BCUT2D eigenvalue weighted by atomic mass is 9.74. The van der Waals surface area contributed by atoms with Crippen LogP contribution in [0.3, 0.4) is 0 Å². The summed E-state index contributed by atoms with van der Waals surface area (Å²) < 4.78 is 6.70. The van der Waals surface area contributed by atoms with Gasteiger partial charge in [-0.05, 0) is 40.5 Å². The monoisotopic (exact) mass is 445 g/mol. The Morgan fingerprint density at radius 1 is 1.03 bits per heavy atom. The first-order valence-corrected chi connectivity index (χ1v) is 11.5. The van der Waals surface area contributed by atoms with Crippen molar-refractivity contribution in [2.45, 2.75) is 63.3 Å². The maximum atomic E-state index is 14.0. The van der Waals surface area contributed by atoms with Crippen LogP contribution >= 0.6 is 0 Å². The number of carbonyl (C=O) groups excluding carboxylic acids is 3. The molecule has 3 amide bonds. The number of nitrogens with zero attached hydrogens (tertiary/aromatic N) is 3. The second-order valence-corrected chi connectivity index (χ2v) is 10.6. The van der Waals surface area contributed by atoms with Gasteiger partial charge >= 0.3 is 0 Å². The Kier molecular flexibility index (Phi) is 5.53. The van der Waals surface area contributed by atoms with Gasteiger partial charge in [0.1, 0.15) is 11.6 Å². The van der Waals surface area contributed by atoms with Gasteiger partial charge in [0.25, 0.3) is 0 Å².